The number of halogens is 1. The first-order chi connectivity index (χ1) is 20.0. The summed E-state index contributed by atoms with van der Waals surface area (Å²) in [4.78, 5) is 22.1. The number of aliphatic hydroxyl groups is 1. The van der Waals surface area contributed by atoms with Crippen molar-refractivity contribution in [2.45, 2.75) is 44.2 Å². The van der Waals surface area contributed by atoms with Gasteiger partial charge in [-0.25, -0.2) is 10.4 Å². The first-order valence-corrected chi connectivity index (χ1v) is 14.3. The zero-order valence-corrected chi connectivity index (χ0v) is 24.4. The van der Waals surface area contributed by atoms with Crippen molar-refractivity contribution in [1.29, 1.82) is 0 Å². The van der Waals surface area contributed by atoms with E-state index in [4.69, 9.17) is 19.6 Å². The molecule has 1 amide bonds. The third-order valence-electron chi connectivity index (χ3n) is 6.66. The molecule has 0 aliphatic carbocycles. The van der Waals surface area contributed by atoms with E-state index >= 15 is 0 Å². The maximum atomic E-state index is 14.1. The molecule has 0 unspecified atom stereocenters. The molecular formula is C30H33BrN6O4. The molecule has 3 aromatic carbocycles. The van der Waals surface area contributed by atoms with Crippen LogP contribution in [0.15, 0.2) is 87.4 Å². The number of rotatable bonds is 14. The summed E-state index contributed by atoms with van der Waals surface area (Å²) in [5.74, 6) is 0.596. The molecule has 4 rings (SSSR count). The minimum atomic E-state index is -1.43. The van der Waals surface area contributed by atoms with Crippen molar-refractivity contribution in [3.63, 3.8) is 0 Å². The molecular weight excluding hydrogens is 588 g/mol. The standard InChI is InChI=1S/C30H33BrN6O4/c1-2-3-17-33-36-29(39)30(20-23-7-4-5-8-26(23)35-37-32)27(21-9-13-24(31)14-10-21)41-28(34-30)22-11-15-25(16-12-22)40-19-6-18-38/h4-5,7-16,27,33,38H,2-3,6,17-20H2,1H3,(H,36,39)/t27-,30-/m0/s1. The Morgan fingerprint density at radius 2 is 1.90 bits per heavy atom. The number of carbonyl (C=O) groups excluding carboxylic acids is 1. The van der Waals surface area contributed by atoms with Crippen LogP contribution in [0.2, 0.25) is 0 Å². The molecule has 0 aromatic heterocycles. The summed E-state index contributed by atoms with van der Waals surface area (Å²) in [6.45, 7) is 3.13. The van der Waals surface area contributed by atoms with Crippen LogP contribution in [0.25, 0.3) is 10.4 Å². The number of unbranched alkanes of at least 4 members (excludes halogenated alkanes) is 1. The summed E-state index contributed by atoms with van der Waals surface area (Å²) < 4.78 is 13.1. The third-order valence-corrected chi connectivity index (χ3v) is 7.19. The lowest BCUT2D eigenvalue weighted by atomic mass is 9.81. The Labute approximate surface area is 247 Å². The van der Waals surface area contributed by atoms with Crippen LogP contribution >= 0.6 is 15.9 Å². The molecule has 1 heterocycles. The molecule has 1 aliphatic rings. The van der Waals surface area contributed by atoms with Gasteiger partial charge in [0.15, 0.2) is 11.6 Å². The summed E-state index contributed by atoms with van der Waals surface area (Å²) in [7, 11) is 0. The first kappa shape index (κ1) is 30.1. The second kappa shape index (κ2) is 14.7. The van der Waals surface area contributed by atoms with Crippen molar-refractivity contribution >= 4 is 33.4 Å². The largest absolute Gasteiger partial charge is 0.494 e. The Kier molecular flexibility index (Phi) is 10.8. The molecule has 0 bridgehead atoms. The van der Waals surface area contributed by atoms with E-state index in [2.05, 4.69) is 43.7 Å². The lowest BCUT2D eigenvalue weighted by Crippen LogP contribution is -2.54. The van der Waals surface area contributed by atoms with E-state index in [1.165, 1.54) is 0 Å². The van der Waals surface area contributed by atoms with Gasteiger partial charge in [-0.05, 0) is 59.5 Å². The number of azide groups is 1. The molecule has 3 N–H and O–H groups in total. The number of nitrogens with one attached hydrogen (secondary N) is 2. The fraction of sp³-hybridized carbons (Fsp3) is 0.333. The van der Waals surface area contributed by atoms with E-state index in [-0.39, 0.29) is 18.9 Å². The van der Waals surface area contributed by atoms with Crippen molar-refractivity contribution < 1.29 is 19.4 Å². The number of carbonyl (C=O) groups is 1. The monoisotopic (exact) mass is 620 g/mol. The molecule has 3 aromatic rings. The highest BCUT2D eigenvalue weighted by molar-refractivity contribution is 9.10. The molecule has 2 atom stereocenters. The Hall–Kier alpha value is -3.89. The number of hydrogen-bond donors (Lipinski definition) is 3. The lowest BCUT2D eigenvalue weighted by molar-refractivity contribution is -0.130. The summed E-state index contributed by atoms with van der Waals surface area (Å²) in [6, 6.07) is 22.0. The van der Waals surface area contributed by atoms with Gasteiger partial charge < -0.3 is 14.6 Å². The highest BCUT2D eigenvalue weighted by atomic mass is 79.9. The van der Waals surface area contributed by atoms with Gasteiger partial charge in [-0.15, -0.1) is 0 Å². The van der Waals surface area contributed by atoms with Crippen LogP contribution in [0.5, 0.6) is 5.75 Å². The van der Waals surface area contributed by atoms with Gasteiger partial charge in [0.25, 0.3) is 5.91 Å². The van der Waals surface area contributed by atoms with Crippen LogP contribution in [-0.2, 0) is 16.0 Å². The van der Waals surface area contributed by atoms with E-state index in [9.17, 15) is 10.3 Å². The molecule has 41 heavy (non-hydrogen) atoms. The van der Waals surface area contributed by atoms with Crippen LogP contribution in [0, 0.1) is 0 Å². The van der Waals surface area contributed by atoms with Gasteiger partial charge in [-0.3, -0.25) is 10.2 Å². The lowest BCUT2D eigenvalue weighted by Gasteiger charge is -2.31. The Morgan fingerprint density at radius 1 is 1.15 bits per heavy atom. The van der Waals surface area contributed by atoms with E-state index in [1.54, 1.807) is 24.3 Å². The van der Waals surface area contributed by atoms with E-state index in [0.29, 0.717) is 48.0 Å². The van der Waals surface area contributed by atoms with E-state index in [1.807, 2.05) is 48.5 Å². The first-order valence-electron chi connectivity index (χ1n) is 13.5. The number of aliphatic imine (C=N–C) groups is 1. The number of hydrazine groups is 1. The van der Waals surface area contributed by atoms with Crippen LogP contribution in [0.1, 0.15) is 49.0 Å². The van der Waals surface area contributed by atoms with Gasteiger partial charge in [0.05, 0.1) is 6.61 Å². The zero-order valence-electron chi connectivity index (χ0n) is 22.8. The molecule has 0 radical (unpaired) electrons. The molecule has 0 saturated carbocycles. The van der Waals surface area contributed by atoms with Crippen molar-refractivity contribution in [2.24, 2.45) is 10.1 Å². The molecule has 0 spiro atoms. The van der Waals surface area contributed by atoms with Crippen molar-refractivity contribution in [1.82, 2.24) is 10.9 Å². The van der Waals surface area contributed by atoms with E-state index in [0.717, 1.165) is 22.9 Å². The fourth-order valence-corrected chi connectivity index (χ4v) is 4.80. The van der Waals surface area contributed by atoms with Gasteiger partial charge in [0.2, 0.25) is 5.90 Å². The Bertz CT molecular complexity index is 1390. The topological polar surface area (TPSA) is 141 Å². The fourth-order valence-electron chi connectivity index (χ4n) is 4.53. The molecule has 1 aliphatic heterocycles. The minimum Gasteiger partial charge on any atom is -0.494 e. The van der Waals surface area contributed by atoms with Crippen LogP contribution < -0.4 is 15.6 Å². The summed E-state index contributed by atoms with van der Waals surface area (Å²) >= 11 is 3.49. The number of hydrogen-bond acceptors (Lipinski definition) is 7. The Balaban J connectivity index is 1.79. The molecule has 10 nitrogen and oxygen atoms in total. The number of ether oxygens (including phenoxy) is 2. The summed E-state index contributed by atoms with van der Waals surface area (Å²) in [5, 5.41) is 12.9. The highest BCUT2D eigenvalue weighted by Crippen LogP contribution is 2.43. The second-order valence-electron chi connectivity index (χ2n) is 9.57. The molecule has 0 fully saturated rings. The molecule has 11 heteroatoms. The van der Waals surface area contributed by atoms with Crippen LogP contribution in [-0.4, -0.2) is 42.2 Å². The van der Waals surface area contributed by atoms with Crippen molar-refractivity contribution in [3.05, 3.63) is 104 Å². The summed E-state index contributed by atoms with van der Waals surface area (Å²) in [5.41, 5.74) is 16.2. The quantitative estimate of drug-likeness (QED) is 0.0659. The van der Waals surface area contributed by atoms with Gasteiger partial charge in [-0.1, -0.05) is 70.8 Å². The van der Waals surface area contributed by atoms with Gasteiger partial charge in [0.1, 0.15) is 5.75 Å². The second-order valence-corrected chi connectivity index (χ2v) is 10.5. The zero-order chi connectivity index (χ0) is 29.1. The van der Waals surface area contributed by atoms with Crippen LogP contribution in [0.4, 0.5) is 5.69 Å². The highest BCUT2D eigenvalue weighted by Gasteiger charge is 2.53. The van der Waals surface area contributed by atoms with Gasteiger partial charge in [-0.2, -0.15) is 0 Å². The predicted octanol–water partition coefficient (Wildman–Crippen LogP) is 6.07. The average Bonchev–Trinajstić information content (AvgIpc) is 3.37. The Morgan fingerprint density at radius 3 is 2.61 bits per heavy atom. The average molecular weight is 622 g/mol. The SMILES string of the molecule is CCCCNNC(=O)[C@@]1(Cc2ccccc2N=[N+]=[N-])N=C(c2ccc(OCCCO)cc2)O[C@H]1c1ccc(Br)cc1. The smallest absolute Gasteiger partial charge is 0.266 e. The number of benzene rings is 3. The van der Waals surface area contributed by atoms with Crippen LogP contribution in [0.3, 0.4) is 0 Å². The maximum absolute atomic E-state index is 14.1. The summed E-state index contributed by atoms with van der Waals surface area (Å²) in [6.07, 6.45) is 1.74. The van der Waals surface area contributed by atoms with Gasteiger partial charge >= 0.3 is 0 Å². The normalized spacial score (nSPS) is 17.7. The molecule has 0 saturated heterocycles. The number of nitrogens with zero attached hydrogens (tertiary/aromatic N) is 4. The molecule has 214 valence electrons. The van der Waals surface area contributed by atoms with Gasteiger partial charge in [0, 0.05) is 46.6 Å². The minimum absolute atomic E-state index is 0.0560. The number of aliphatic hydroxyl groups excluding tert-OH is 1. The number of amides is 1. The maximum Gasteiger partial charge on any atom is 0.266 e. The third kappa shape index (κ3) is 7.45. The van der Waals surface area contributed by atoms with Crippen molar-refractivity contribution in [2.75, 3.05) is 19.8 Å². The van der Waals surface area contributed by atoms with E-state index < -0.39 is 11.6 Å². The predicted molar refractivity (Wildman–Crippen MR) is 161 cm³/mol. The van der Waals surface area contributed by atoms with Crippen molar-refractivity contribution in [3.8, 4) is 5.75 Å².